The number of rotatable bonds is 6. The van der Waals surface area contributed by atoms with Crippen molar-refractivity contribution in [2.75, 3.05) is 5.32 Å². The first-order valence-corrected chi connectivity index (χ1v) is 12.0. The second-order valence-corrected chi connectivity index (χ2v) is 9.46. The summed E-state index contributed by atoms with van der Waals surface area (Å²) in [5, 5.41) is 4.30. The molecule has 1 aliphatic rings. The number of nitrogens with one attached hydrogen (secondary N) is 1. The molecule has 0 heterocycles. The van der Waals surface area contributed by atoms with E-state index in [4.69, 9.17) is 39.5 Å². The fraction of sp³-hybridized carbons (Fsp3) is 0.269. The predicted molar refractivity (Wildman–Crippen MR) is 132 cm³/mol. The number of carbonyl (C=O) groups is 1. The highest BCUT2D eigenvalue weighted by Crippen LogP contribution is 2.36. The van der Waals surface area contributed by atoms with Gasteiger partial charge < -0.3 is 10.1 Å². The summed E-state index contributed by atoms with van der Waals surface area (Å²) in [5.41, 5.74) is 1.79. The Balaban J connectivity index is 1.58. The molecule has 4 rings (SSSR count). The summed E-state index contributed by atoms with van der Waals surface area (Å²) in [6, 6.07) is 16.6. The van der Waals surface area contributed by atoms with E-state index in [1.165, 1.54) is 12.1 Å². The molecule has 0 aliphatic heterocycles. The van der Waals surface area contributed by atoms with Gasteiger partial charge in [-0.2, -0.15) is 0 Å². The van der Waals surface area contributed by atoms with E-state index in [1.54, 1.807) is 48.5 Å². The maximum Gasteiger partial charge on any atom is 0.227 e. The standard InChI is InChI=1S/C26H23Cl3FNO2/c27-18-8-6-16(7-9-18)25(21-12-10-19(28)14-22(21)29)33-24-13-11-20(15-23(24)30)31-26(32)17-4-2-1-3-5-17/h6-15,17,25H,1-5H2,(H,31,32). The molecule has 0 spiro atoms. The fourth-order valence-corrected chi connectivity index (χ4v) is 4.71. The van der Waals surface area contributed by atoms with Crippen LogP contribution in [0.4, 0.5) is 10.1 Å². The van der Waals surface area contributed by atoms with Crippen molar-refractivity contribution in [2.45, 2.75) is 38.2 Å². The van der Waals surface area contributed by atoms with E-state index in [0.717, 1.165) is 37.7 Å². The second-order valence-electron chi connectivity index (χ2n) is 8.18. The van der Waals surface area contributed by atoms with Crippen molar-refractivity contribution in [3.05, 3.63) is 92.7 Å². The Morgan fingerprint density at radius 3 is 2.27 bits per heavy atom. The summed E-state index contributed by atoms with van der Waals surface area (Å²) in [6.07, 6.45) is 4.33. The Hall–Kier alpha value is -2.27. The first-order chi connectivity index (χ1) is 15.9. The van der Waals surface area contributed by atoms with Gasteiger partial charge in [-0.25, -0.2) is 4.39 Å². The Kier molecular flexibility index (Phi) is 7.79. The van der Waals surface area contributed by atoms with Crippen LogP contribution in [0.3, 0.4) is 0 Å². The number of carbonyl (C=O) groups excluding carboxylic acids is 1. The lowest BCUT2D eigenvalue weighted by Crippen LogP contribution is -2.24. The third-order valence-corrected chi connectivity index (χ3v) is 6.65. The van der Waals surface area contributed by atoms with Crippen molar-refractivity contribution in [1.82, 2.24) is 0 Å². The van der Waals surface area contributed by atoms with Crippen molar-refractivity contribution < 1.29 is 13.9 Å². The quantitative estimate of drug-likeness (QED) is 0.364. The van der Waals surface area contributed by atoms with Gasteiger partial charge in [-0.15, -0.1) is 0 Å². The van der Waals surface area contributed by atoms with Crippen LogP contribution in [0.2, 0.25) is 15.1 Å². The molecule has 1 saturated carbocycles. The third-order valence-electron chi connectivity index (χ3n) is 5.84. The van der Waals surface area contributed by atoms with Gasteiger partial charge in [0.05, 0.1) is 0 Å². The molecular formula is C26H23Cl3FNO2. The summed E-state index contributed by atoms with van der Waals surface area (Å²) in [5.74, 6) is -0.619. The van der Waals surface area contributed by atoms with Crippen LogP contribution in [0.15, 0.2) is 60.7 Å². The number of hydrogen-bond donors (Lipinski definition) is 1. The highest BCUT2D eigenvalue weighted by Gasteiger charge is 2.23. The summed E-state index contributed by atoms with van der Waals surface area (Å²) in [7, 11) is 0. The minimum Gasteiger partial charge on any atom is -0.478 e. The molecule has 1 N–H and O–H groups in total. The largest absolute Gasteiger partial charge is 0.478 e. The van der Waals surface area contributed by atoms with Gasteiger partial charge in [0, 0.05) is 38.3 Å². The van der Waals surface area contributed by atoms with Crippen molar-refractivity contribution in [3.63, 3.8) is 0 Å². The lowest BCUT2D eigenvalue weighted by molar-refractivity contribution is -0.120. The van der Waals surface area contributed by atoms with E-state index in [2.05, 4.69) is 5.32 Å². The fourth-order valence-electron chi connectivity index (χ4n) is 4.07. The van der Waals surface area contributed by atoms with E-state index in [9.17, 15) is 4.79 Å². The van der Waals surface area contributed by atoms with Gasteiger partial charge in [-0.1, -0.05) is 72.3 Å². The van der Waals surface area contributed by atoms with Crippen LogP contribution in [0.5, 0.6) is 5.75 Å². The predicted octanol–water partition coefficient (Wildman–Crippen LogP) is 8.47. The number of halogens is 4. The maximum absolute atomic E-state index is 15.0. The molecule has 3 aromatic rings. The van der Waals surface area contributed by atoms with Gasteiger partial charge in [-0.3, -0.25) is 4.79 Å². The van der Waals surface area contributed by atoms with Gasteiger partial charge in [0.2, 0.25) is 5.91 Å². The van der Waals surface area contributed by atoms with Crippen LogP contribution in [0.25, 0.3) is 0 Å². The van der Waals surface area contributed by atoms with Gasteiger partial charge >= 0.3 is 0 Å². The van der Waals surface area contributed by atoms with Gasteiger partial charge in [-0.05, 0) is 54.8 Å². The van der Waals surface area contributed by atoms with Crippen LogP contribution in [0.1, 0.15) is 49.3 Å². The monoisotopic (exact) mass is 505 g/mol. The number of hydrogen-bond acceptors (Lipinski definition) is 2. The minimum absolute atomic E-state index is 0.0148. The zero-order valence-electron chi connectivity index (χ0n) is 17.8. The van der Waals surface area contributed by atoms with E-state index in [-0.39, 0.29) is 17.6 Å². The molecule has 1 unspecified atom stereocenters. The molecule has 1 aliphatic carbocycles. The summed E-state index contributed by atoms with van der Waals surface area (Å²) in [4.78, 5) is 12.5. The van der Waals surface area contributed by atoms with Crippen molar-refractivity contribution >= 4 is 46.4 Å². The third kappa shape index (κ3) is 6.00. The van der Waals surface area contributed by atoms with Crippen LogP contribution in [-0.2, 0) is 4.79 Å². The SMILES string of the molecule is O=C(Nc1ccc(OC(c2ccc(Cl)cc2)c2ccc(Cl)cc2Cl)c(F)c1)C1CCCCC1. The number of benzene rings is 3. The molecule has 7 heteroatoms. The van der Waals surface area contributed by atoms with Crippen LogP contribution < -0.4 is 10.1 Å². The number of amides is 1. The van der Waals surface area contributed by atoms with Crippen LogP contribution >= 0.6 is 34.8 Å². The van der Waals surface area contributed by atoms with E-state index >= 15 is 4.39 Å². The number of anilines is 1. The van der Waals surface area contributed by atoms with Gasteiger partial charge in [0.1, 0.15) is 0 Å². The van der Waals surface area contributed by atoms with Crippen molar-refractivity contribution in [1.29, 1.82) is 0 Å². The molecule has 0 aromatic heterocycles. The van der Waals surface area contributed by atoms with Crippen molar-refractivity contribution in [2.24, 2.45) is 5.92 Å². The lowest BCUT2D eigenvalue weighted by Gasteiger charge is -2.23. The molecule has 0 radical (unpaired) electrons. The summed E-state index contributed by atoms with van der Waals surface area (Å²) >= 11 is 18.5. The first-order valence-electron chi connectivity index (χ1n) is 10.9. The molecule has 0 saturated heterocycles. The van der Waals surface area contributed by atoms with Crippen LogP contribution in [0, 0.1) is 11.7 Å². The zero-order valence-corrected chi connectivity index (χ0v) is 20.1. The average molecular weight is 507 g/mol. The first kappa shape index (κ1) is 23.9. The molecule has 1 atom stereocenters. The molecule has 0 bridgehead atoms. The Morgan fingerprint density at radius 1 is 0.909 bits per heavy atom. The topological polar surface area (TPSA) is 38.3 Å². The van der Waals surface area contributed by atoms with E-state index in [1.807, 2.05) is 0 Å². The molecule has 1 fully saturated rings. The maximum atomic E-state index is 15.0. The zero-order chi connectivity index (χ0) is 23.4. The lowest BCUT2D eigenvalue weighted by atomic mass is 9.88. The second kappa shape index (κ2) is 10.8. The summed E-state index contributed by atoms with van der Waals surface area (Å²) in [6.45, 7) is 0. The molecule has 1 amide bonds. The Morgan fingerprint density at radius 2 is 1.61 bits per heavy atom. The Bertz CT molecular complexity index is 1130. The molecular weight excluding hydrogens is 484 g/mol. The molecule has 3 nitrogen and oxygen atoms in total. The molecule has 172 valence electrons. The van der Waals surface area contributed by atoms with Gasteiger partial charge in [0.15, 0.2) is 17.7 Å². The molecule has 33 heavy (non-hydrogen) atoms. The van der Waals surface area contributed by atoms with Crippen molar-refractivity contribution in [3.8, 4) is 5.75 Å². The average Bonchev–Trinajstić information content (AvgIpc) is 2.80. The highest BCUT2D eigenvalue weighted by molar-refractivity contribution is 6.35. The highest BCUT2D eigenvalue weighted by atomic mass is 35.5. The van der Waals surface area contributed by atoms with E-state index < -0.39 is 11.9 Å². The normalized spacial score (nSPS) is 15.2. The summed E-state index contributed by atoms with van der Waals surface area (Å²) < 4.78 is 21.1. The minimum atomic E-state index is -0.691. The van der Waals surface area contributed by atoms with Gasteiger partial charge in [0.25, 0.3) is 0 Å². The van der Waals surface area contributed by atoms with E-state index in [0.29, 0.717) is 26.3 Å². The number of ether oxygens (including phenoxy) is 1. The van der Waals surface area contributed by atoms with Crippen LogP contribution in [-0.4, -0.2) is 5.91 Å². The smallest absolute Gasteiger partial charge is 0.227 e. The molecule has 3 aromatic carbocycles. The Labute approximate surface area is 207 Å².